The molecule has 1 atom stereocenters. The van der Waals surface area contributed by atoms with Gasteiger partial charge >= 0.3 is 5.97 Å². The molecular weight excluding hydrogens is 378 g/mol. The molecule has 0 aliphatic heterocycles. The Morgan fingerprint density at radius 2 is 1.83 bits per heavy atom. The van der Waals surface area contributed by atoms with Crippen LogP contribution in [0.1, 0.15) is 18.1 Å². The normalized spacial score (nSPS) is 13.0. The van der Waals surface area contributed by atoms with Gasteiger partial charge in [0, 0.05) is 15.9 Å². The maximum Gasteiger partial charge on any atom is 0.331 e. The van der Waals surface area contributed by atoms with Crippen LogP contribution in [0.4, 0.5) is 0 Å². The Kier molecular flexibility index (Phi) is 5.81. The summed E-state index contributed by atoms with van der Waals surface area (Å²) in [4.78, 5) is 12.6. The van der Waals surface area contributed by atoms with Crippen molar-refractivity contribution in [2.24, 2.45) is 0 Å². The van der Waals surface area contributed by atoms with Crippen molar-refractivity contribution >= 4 is 33.5 Å². The van der Waals surface area contributed by atoms with E-state index in [1.165, 1.54) is 0 Å². The third kappa shape index (κ3) is 3.93. The average Bonchev–Trinajstić information content (AvgIpc) is 2.55. The minimum absolute atomic E-state index is 0.222. The molecule has 0 fully saturated rings. The molecule has 2 aromatic carbocycles. The van der Waals surface area contributed by atoms with E-state index in [4.69, 9.17) is 16.3 Å². The summed E-state index contributed by atoms with van der Waals surface area (Å²) >= 11 is 9.26. The van der Waals surface area contributed by atoms with Gasteiger partial charge in [0.15, 0.2) is 5.41 Å². The predicted octanol–water partition coefficient (Wildman–Crippen LogP) is 4.67. The number of carbonyl (C=O) groups is 1. The summed E-state index contributed by atoms with van der Waals surface area (Å²) in [5, 5.41) is 10.4. The number of carbonyl (C=O) groups excluding carboxylic acids is 1. The summed E-state index contributed by atoms with van der Waals surface area (Å²) in [5.41, 5.74) is 0.0633. The fraction of sp³-hybridized carbons (Fsp3) is 0.222. The molecule has 0 amide bonds. The Labute approximate surface area is 149 Å². The number of halogens is 2. The number of nitrogens with zero attached hydrogens (tertiary/aromatic N) is 1. The van der Waals surface area contributed by atoms with Gasteiger partial charge in [0.25, 0.3) is 0 Å². The Bertz CT molecular complexity index is 722. The van der Waals surface area contributed by atoms with Gasteiger partial charge < -0.3 is 4.74 Å². The Hall–Kier alpha value is -1.83. The van der Waals surface area contributed by atoms with Crippen molar-refractivity contribution in [2.75, 3.05) is 6.61 Å². The Balaban J connectivity index is 2.49. The Morgan fingerprint density at radius 3 is 2.35 bits per heavy atom. The van der Waals surface area contributed by atoms with E-state index >= 15 is 0 Å². The number of nitriles is 1. The number of rotatable bonds is 5. The van der Waals surface area contributed by atoms with E-state index in [2.05, 4.69) is 22.0 Å². The highest BCUT2D eigenvalue weighted by molar-refractivity contribution is 9.10. The van der Waals surface area contributed by atoms with Crippen LogP contribution in [-0.4, -0.2) is 12.6 Å². The van der Waals surface area contributed by atoms with Gasteiger partial charge in [-0.3, -0.25) is 0 Å². The van der Waals surface area contributed by atoms with Crippen LogP contribution in [0.5, 0.6) is 0 Å². The minimum atomic E-state index is -1.38. The molecule has 0 aliphatic carbocycles. The quantitative estimate of drug-likeness (QED) is 0.695. The molecule has 0 bridgehead atoms. The second-order valence-electron chi connectivity index (χ2n) is 5.05. The van der Waals surface area contributed by atoms with Gasteiger partial charge in [0.2, 0.25) is 0 Å². The molecule has 0 heterocycles. The van der Waals surface area contributed by atoms with Crippen LogP contribution in [-0.2, 0) is 21.4 Å². The van der Waals surface area contributed by atoms with Crippen LogP contribution in [0.3, 0.4) is 0 Å². The van der Waals surface area contributed by atoms with Crippen molar-refractivity contribution in [3.8, 4) is 6.07 Å². The topological polar surface area (TPSA) is 50.1 Å². The van der Waals surface area contributed by atoms with Crippen LogP contribution in [0.2, 0.25) is 5.02 Å². The molecule has 0 aliphatic rings. The lowest BCUT2D eigenvalue weighted by molar-refractivity contribution is -0.147. The van der Waals surface area contributed by atoms with Gasteiger partial charge in [-0.05, 0) is 42.3 Å². The van der Waals surface area contributed by atoms with Crippen LogP contribution in [0.15, 0.2) is 53.0 Å². The zero-order chi connectivity index (χ0) is 16.9. The van der Waals surface area contributed by atoms with Crippen LogP contribution in [0, 0.1) is 11.3 Å². The summed E-state index contributed by atoms with van der Waals surface area (Å²) < 4.78 is 6.06. The summed E-state index contributed by atoms with van der Waals surface area (Å²) in [7, 11) is 0. The van der Waals surface area contributed by atoms with Crippen molar-refractivity contribution in [1.29, 1.82) is 5.26 Å². The summed E-state index contributed by atoms with van der Waals surface area (Å²) in [6, 6.07) is 16.4. The molecule has 0 saturated heterocycles. The summed E-state index contributed by atoms with van der Waals surface area (Å²) in [6.45, 7) is 1.95. The first-order valence-electron chi connectivity index (χ1n) is 7.11. The zero-order valence-electron chi connectivity index (χ0n) is 12.6. The van der Waals surface area contributed by atoms with Crippen molar-refractivity contribution in [1.82, 2.24) is 0 Å². The maximum atomic E-state index is 12.6. The number of ether oxygens (including phenoxy) is 1. The Morgan fingerprint density at radius 1 is 1.22 bits per heavy atom. The molecule has 23 heavy (non-hydrogen) atoms. The second kappa shape index (κ2) is 7.63. The van der Waals surface area contributed by atoms with E-state index in [1.54, 1.807) is 31.2 Å². The first-order valence-corrected chi connectivity index (χ1v) is 8.28. The average molecular weight is 393 g/mol. The van der Waals surface area contributed by atoms with E-state index in [0.29, 0.717) is 10.6 Å². The molecule has 0 saturated carbocycles. The van der Waals surface area contributed by atoms with Crippen molar-refractivity contribution in [3.63, 3.8) is 0 Å². The number of hydrogen-bond acceptors (Lipinski definition) is 3. The first-order chi connectivity index (χ1) is 11.0. The summed E-state index contributed by atoms with van der Waals surface area (Å²) in [6.07, 6.45) is 0.223. The van der Waals surface area contributed by atoms with Crippen molar-refractivity contribution in [2.45, 2.75) is 18.8 Å². The van der Waals surface area contributed by atoms with E-state index in [-0.39, 0.29) is 13.0 Å². The standard InChI is InChI=1S/C18H15BrClNO2/c1-2-23-17(22)18(12-21,14-5-7-15(19)8-6-14)11-13-3-9-16(20)10-4-13/h3-10H,2,11H2,1H3. The SMILES string of the molecule is CCOC(=O)C(C#N)(Cc1ccc(Cl)cc1)c1ccc(Br)cc1. The lowest BCUT2D eigenvalue weighted by Crippen LogP contribution is -2.38. The van der Waals surface area contributed by atoms with E-state index in [0.717, 1.165) is 10.0 Å². The highest BCUT2D eigenvalue weighted by Crippen LogP contribution is 2.31. The highest BCUT2D eigenvalue weighted by atomic mass is 79.9. The molecule has 3 nitrogen and oxygen atoms in total. The van der Waals surface area contributed by atoms with E-state index in [1.807, 2.05) is 24.3 Å². The number of benzene rings is 2. The predicted molar refractivity (Wildman–Crippen MR) is 93.2 cm³/mol. The maximum absolute atomic E-state index is 12.6. The number of esters is 1. The lowest BCUT2D eigenvalue weighted by atomic mass is 9.76. The molecule has 5 heteroatoms. The molecular formula is C18H15BrClNO2. The molecule has 0 N–H and O–H groups in total. The third-order valence-electron chi connectivity index (χ3n) is 3.53. The fourth-order valence-corrected chi connectivity index (χ4v) is 2.73. The van der Waals surface area contributed by atoms with Gasteiger partial charge in [0.1, 0.15) is 0 Å². The summed E-state index contributed by atoms with van der Waals surface area (Å²) in [5.74, 6) is -0.542. The number of hydrogen-bond donors (Lipinski definition) is 0. The van der Waals surface area contributed by atoms with Gasteiger partial charge in [-0.25, -0.2) is 4.79 Å². The van der Waals surface area contributed by atoms with Crippen molar-refractivity contribution in [3.05, 3.63) is 69.2 Å². The minimum Gasteiger partial charge on any atom is -0.465 e. The highest BCUT2D eigenvalue weighted by Gasteiger charge is 2.42. The van der Waals surface area contributed by atoms with Crippen molar-refractivity contribution < 1.29 is 9.53 Å². The monoisotopic (exact) mass is 391 g/mol. The van der Waals surface area contributed by atoms with Gasteiger partial charge in [-0.1, -0.05) is 51.8 Å². The van der Waals surface area contributed by atoms with Crippen LogP contribution >= 0.6 is 27.5 Å². The van der Waals surface area contributed by atoms with Crippen LogP contribution < -0.4 is 0 Å². The fourth-order valence-electron chi connectivity index (χ4n) is 2.34. The smallest absolute Gasteiger partial charge is 0.331 e. The second-order valence-corrected chi connectivity index (χ2v) is 6.40. The molecule has 0 spiro atoms. The molecule has 0 radical (unpaired) electrons. The van der Waals surface area contributed by atoms with Gasteiger partial charge in [-0.2, -0.15) is 5.26 Å². The van der Waals surface area contributed by atoms with E-state index < -0.39 is 11.4 Å². The van der Waals surface area contributed by atoms with Gasteiger partial charge in [0.05, 0.1) is 12.7 Å². The van der Waals surface area contributed by atoms with Crippen LogP contribution in [0.25, 0.3) is 0 Å². The lowest BCUT2D eigenvalue weighted by Gasteiger charge is -2.25. The molecule has 118 valence electrons. The first kappa shape index (κ1) is 17.5. The molecule has 2 rings (SSSR count). The molecule has 1 unspecified atom stereocenters. The third-order valence-corrected chi connectivity index (χ3v) is 4.31. The van der Waals surface area contributed by atoms with Gasteiger partial charge in [-0.15, -0.1) is 0 Å². The molecule has 0 aromatic heterocycles. The largest absolute Gasteiger partial charge is 0.465 e. The molecule has 2 aromatic rings. The van der Waals surface area contributed by atoms with E-state index in [9.17, 15) is 10.1 Å². The zero-order valence-corrected chi connectivity index (χ0v) is 14.9.